The number of H-pyrrole nitrogens is 1. The Hall–Kier alpha value is -4.06. The van der Waals surface area contributed by atoms with Crippen molar-refractivity contribution in [3.8, 4) is 0 Å². The highest BCUT2D eigenvalue weighted by Gasteiger charge is 2.27. The molecule has 3 aromatic rings. The lowest BCUT2D eigenvalue weighted by Crippen LogP contribution is -2.48. The SMILES string of the molecule is COC1=CC=C(N(C)C(=O)[C@@H]2Cc3cccc(c3)/C=C/Cc3[nH]c4ccccc4c3CC(=O)N2)CC1. The van der Waals surface area contributed by atoms with E-state index in [2.05, 4.69) is 34.6 Å². The first-order chi connectivity index (χ1) is 17.5. The van der Waals surface area contributed by atoms with E-state index in [0.29, 0.717) is 19.3 Å². The summed E-state index contributed by atoms with van der Waals surface area (Å²) in [5.41, 5.74) is 6.00. The highest BCUT2D eigenvalue weighted by Crippen LogP contribution is 2.25. The van der Waals surface area contributed by atoms with Gasteiger partial charge < -0.3 is 19.9 Å². The van der Waals surface area contributed by atoms with Gasteiger partial charge in [-0.05, 0) is 41.3 Å². The van der Waals surface area contributed by atoms with Crippen molar-refractivity contribution < 1.29 is 14.3 Å². The zero-order valence-electron chi connectivity index (χ0n) is 20.7. The van der Waals surface area contributed by atoms with E-state index in [1.54, 1.807) is 19.1 Å². The number of fused-ring (bicyclic) bond motifs is 5. The van der Waals surface area contributed by atoms with Gasteiger partial charge in [-0.2, -0.15) is 0 Å². The summed E-state index contributed by atoms with van der Waals surface area (Å²) in [6.45, 7) is 0. The zero-order chi connectivity index (χ0) is 25.1. The summed E-state index contributed by atoms with van der Waals surface area (Å²) >= 11 is 0. The molecule has 0 saturated carbocycles. The van der Waals surface area contributed by atoms with Crippen LogP contribution in [0.3, 0.4) is 0 Å². The summed E-state index contributed by atoms with van der Waals surface area (Å²) in [7, 11) is 3.44. The molecule has 1 aliphatic heterocycles. The second-order valence-electron chi connectivity index (χ2n) is 9.37. The number of carbonyl (C=O) groups excluding carboxylic acids is 2. The number of rotatable bonds is 3. The summed E-state index contributed by atoms with van der Waals surface area (Å²) in [4.78, 5) is 32.2. The molecular weight excluding hydrogens is 450 g/mol. The molecule has 2 aliphatic rings. The van der Waals surface area contributed by atoms with Gasteiger partial charge in [-0.3, -0.25) is 9.59 Å². The van der Waals surface area contributed by atoms with E-state index in [9.17, 15) is 9.59 Å². The lowest BCUT2D eigenvalue weighted by Gasteiger charge is -2.28. The number of aromatic nitrogens is 1. The van der Waals surface area contributed by atoms with Crippen molar-refractivity contribution in [3.05, 3.63) is 101 Å². The Labute approximate surface area is 211 Å². The summed E-state index contributed by atoms with van der Waals surface area (Å²) < 4.78 is 5.32. The van der Waals surface area contributed by atoms with Crippen molar-refractivity contribution in [1.82, 2.24) is 15.2 Å². The fraction of sp³-hybridized carbons (Fsp3) is 0.267. The first-order valence-electron chi connectivity index (χ1n) is 12.4. The molecule has 0 fully saturated rings. The smallest absolute Gasteiger partial charge is 0.249 e. The number of benzene rings is 2. The van der Waals surface area contributed by atoms with Crippen molar-refractivity contribution in [1.29, 1.82) is 0 Å². The lowest BCUT2D eigenvalue weighted by molar-refractivity contribution is -0.133. The Morgan fingerprint density at radius 1 is 1.08 bits per heavy atom. The number of hydrogen-bond acceptors (Lipinski definition) is 3. The van der Waals surface area contributed by atoms with E-state index in [1.165, 1.54) is 0 Å². The number of allylic oxidation sites excluding steroid dienone is 5. The van der Waals surface area contributed by atoms with Gasteiger partial charge in [0.1, 0.15) is 6.04 Å². The molecule has 0 saturated heterocycles. The minimum absolute atomic E-state index is 0.126. The Bertz CT molecular complexity index is 1400. The van der Waals surface area contributed by atoms with E-state index in [1.807, 2.05) is 48.6 Å². The standard InChI is InChI=1S/C30H31N3O3/c1-33(22-13-15-23(36-2)16-14-22)30(35)28-18-21-9-5-7-20(17-21)8-6-12-27-25(19-29(34)32-28)24-10-3-4-11-26(24)31-27/h3-11,13,15,17,28,31H,12,14,16,18-19H2,1-2H3,(H,32,34)/b8-6+/t28-/m0/s1. The largest absolute Gasteiger partial charge is 0.501 e. The maximum absolute atomic E-state index is 13.7. The third kappa shape index (κ3) is 4.98. The molecule has 2 aromatic carbocycles. The molecule has 2 amide bonds. The number of para-hydroxylation sites is 1. The predicted molar refractivity (Wildman–Crippen MR) is 142 cm³/mol. The van der Waals surface area contributed by atoms with Gasteiger partial charge in [-0.15, -0.1) is 0 Å². The molecule has 5 rings (SSSR count). The maximum atomic E-state index is 13.7. The number of ether oxygens (including phenoxy) is 1. The third-order valence-corrected chi connectivity index (χ3v) is 7.01. The normalized spacial score (nSPS) is 18.9. The predicted octanol–water partition coefficient (Wildman–Crippen LogP) is 4.67. The highest BCUT2D eigenvalue weighted by atomic mass is 16.5. The first kappa shape index (κ1) is 23.7. The average Bonchev–Trinajstić information content (AvgIpc) is 3.24. The van der Waals surface area contributed by atoms with Crippen molar-refractivity contribution in [2.45, 2.75) is 38.1 Å². The maximum Gasteiger partial charge on any atom is 0.249 e. The summed E-state index contributed by atoms with van der Waals surface area (Å²) in [5.74, 6) is 0.611. The molecule has 1 aromatic heterocycles. The van der Waals surface area contributed by atoms with E-state index >= 15 is 0 Å². The van der Waals surface area contributed by atoms with E-state index in [0.717, 1.165) is 51.2 Å². The van der Waals surface area contributed by atoms with Crippen LogP contribution >= 0.6 is 0 Å². The average molecular weight is 482 g/mol. The number of carbonyl (C=O) groups is 2. The van der Waals surface area contributed by atoms with Crippen molar-refractivity contribution in [2.24, 2.45) is 0 Å². The molecule has 2 N–H and O–H groups in total. The summed E-state index contributed by atoms with van der Waals surface area (Å²) in [5, 5.41) is 4.11. The van der Waals surface area contributed by atoms with Crippen LogP contribution in [0.2, 0.25) is 0 Å². The molecular formula is C30H31N3O3. The minimum atomic E-state index is -0.676. The molecule has 6 heteroatoms. The number of methoxy groups -OCH3 is 1. The van der Waals surface area contributed by atoms with Gasteiger partial charge in [0.15, 0.2) is 0 Å². The number of likely N-dealkylation sites (N-methyl/N-ethyl adjacent to an activating group) is 1. The molecule has 1 aliphatic carbocycles. The Morgan fingerprint density at radius 3 is 2.75 bits per heavy atom. The Kier molecular flexibility index (Phi) is 6.76. The molecule has 1 atom stereocenters. The Balaban J connectivity index is 1.49. The Morgan fingerprint density at radius 2 is 1.94 bits per heavy atom. The van der Waals surface area contributed by atoms with E-state index in [-0.39, 0.29) is 18.2 Å². The quantitative estimate of drug-likeness (QED) is 0.571. The van der Waals surface area contributed by atoms with Gasteiger partial charge in [-0.25, -0.2) is 0 Å². The molecule has 6 nitrogen and oxygen atoms in total. The van der Waals surface area contributed by atoms with Gasteiger partial charge in [-0.1, -0.05) is 54.6 Å². The van der Waals surface area contributed by atoms with Gasteiger partial charge in [0.25, 0.3) is 0 Å². The molecule has 0 radical (unpaired) electrons. The van der Waals surface area contributed by atoms with Crippen LogP contribution in [0.5, 0.6) is 0 Å². The van der Waals surface area contributed by atoms with Crippen LogP contribution in [-0.2, 0) is 33.6 Å². The highest BCUT2D eigenvalue weighted by molar-refractivity contribution is 5.93. The van der Waals surface area contributed by atoms with Crippen LogP contribution in [0.1, 0.15) is 35.2 Å². The molecule has 0 spiro atoms. The molecule has 184 valence electrons. The first-order valence-corrected chi connectivity index (χ1v) is 12.4. The number of amides is 2. The minimum Gasteiger partial charge on any atom is -0.501 e. The van der Waals surface area contributed by atoms with Gasteiger partial charge in [0.05, 0.1) is 19.3 Å². The lowest BCUT2D eigenvalue weighted by atomic mass is 10.0. The van der Waals surface area contributed by atoms with Crippen LogP contribution in [0.15, 0.2) is 78.2 Å². The van der Waals surface area contributed by atoms with E-state index < -0.39 is 6.04 Å². The van der Waals surface area contributed by atoms with Crippen LogP contribution in [-0.4, -0.2) is 41.9 Å². The molecule has 2 heterocycles. The van der Waals surface area contributed by atoms with Gasteiger partial charge in [0.2, 0.25) is 11.8 Å². The second-order valence-corrected chi connectivity index (χ2v) is 9.37. The monoisotopic (exact) mass is 481 g/mol. The van der Waals surface area contributed by atoms with Crippen molar-refractivity contribution in [3.63, 3.8) is 0 Å². The van der Waals surface area contributed by atoms with Crippen LogP contribution < -0.4 is 5.32 Å². The van der Waals surface area contributed by atoms with Crippen molar-refractivity contribution >= 4 is 28.8 Å². The topological polar surface area (TPSA) is 74.4 Å². The molecule has 2 bridgehead atoms. The number of aromatic amines is 1. The molecule has 0 unspecified atom stereocenters. The van der Waals surface area contributed by atoms with Crippen LogP contribution in [0, 0.1) is 0 Å². The number of nitrogens with one attached hydrogen (secondary N) is 2. The zero-order valence-corrected chi connectivity index (χ0v) is 20.7. The van der Waals surface area contributed by atoms with Crippen LogP contribution in [0.25, 0.3) is 17.0 Å². The van der Waals surface area contributed by atoms with Crippen LogP contribution in [0.4, 0.5) is 0 Å². The summed E-state index contributed by atoms with van der Waals surface area (Å²) in [6, 6.07) is 15.5. The second kappa shape index (κ2) is 10.3. The van der Waals surface area contributed by atoms with Gasteiger partial charge >= 0.3 is 0 Å². The molecule has 36 heavy (non-hydrogen) atoms. The number of hydrogen-bond donors (Lipinski definition) is 2. The van der Waals surface area contributed by atoms with E-state index in [4.69, 9.17) is 4.74 Å². The summed E-state index contributed by atoms with van der Waals surface area (Å²) in [6.07, 6.45) is 10.8. The fourth-order valence-electron chi connectivity index (χ4n) is 5.04. The fourth-order valence-corrected chi connectivity index (χ4v) is 5.04. The van der Waals surface area contributed by atoms with Gasteiger partial charge in [0, 0.05) is 48.6 Å². The third-order valence-electron chi connectivity index (χ3n) is 7.01. The number of nitrogens with zero attached hydrogens (tertiary/aromatic N) is 1. The van der Waals surface area contributed by atoms with Crippen molar-refractivity contribution in [2.75, 3.05) is 14.2 Å².